The Balaban J connectivity index is 2.24. The highest BCUT2D eigenvalue weighted by molar-refractivity contribution is 5.76. The van der Waals surface area contributed by atoms with E-state index >= 15 is 0 Å². The number of carbonyl (C=O) groups excluding carboxylic acids is 1. The highest BCUT2D eigenvalue weighted by atomic mass is 16.2. The Labute approximate surface area is 139 Å². The Morgan fingerprint density at radius 3 is 2.54 bits per heavy atom. The number of ketones is 1. The van der Waals surface area contributed by atoms with Crippen molar-refractivity contribution in [2.45, 2.75) is 71.4 Å². The molecule has 0 radical (unpaired) electrons. The molecule has 7 nitrogen and oxygen atoms in total. The molecule has 130 valence electrons. The number of carbonyl (C=O) groups is 1. The number of rotatable bonds is 6. The van der Waals surface area contributed by atoms with Crippen molar-refractivity contribution in [1.29, 1.82) is 0 Å². The van der Waals surface area contributed by atoms with Gasteiger partial charge < -0.3 is 4.57 Å². The number of imidazole rings is 1. The van der Waals surface area contributed by atoms with Crippen LogP contribution in [0.4, 0.5) is 0 Å². The third-order valence-corrected chi connectivity index (χ3v) is 4.76. The maximum atomic E-state index is 12.3. The van der Waals surface area contributed by atoms with Gasteiger partial charge in [-0.2, -0.15) is 0 Å². The zero-order chi connectivity index (χ0) is 17.3. The minimum Gasteiger partial charge on any atom is -0.314 e. The predicted molar refractivity (Wildman–Crippen MR) is 91.4 cm³/mol. The molecule has 1 aliphatic rings. The summed E-state index contributed by atoms with van der Waals surface area (Å²) in [5.74, 6) is 1.27. The van der Waals surface area contributed by atoms with Gasteiger partial charge in [-0.15, -0.1) is 0 Å². The van der Waals surface area contributed by atoms with Gasteiger partial charge in [0.25, 0.3) is 5.56 Å². The fraction of sp³-hybridized carbons (Fsp3) is 0.647. The average molecular weight is 332 g/mol. The van der Waals surface area contributed by atoms with Crippen LogP contribution in [0.3, 0.4) is 0 Å². The number of hydrogen-bond acceptors (Lipinski definition) is 4. The van der Waals surface area contributed by atoms with Crippen LogP contribution in [0.1, 0.15) is 64.1 Å². The zero-order valence-electron chi connectivity index (χ0n) is 14.3. The largest absolute Gasteiger partial charge is 0.330 e. The number of nitrogens with one attached hydrogen (secondary N) is 1. The maximum absolute atomic E-state index is 12.3. The molecule has 1 N–H and O–H groups in total. The lowest BCUT2D eigenvalue weighted by Crippen LogP contribution is -2.31. The summed E-state index contributed by atoms with van der Waals surface area (Å²) in [6.07, 6.45) is 5.64. The van der Waals surface area contributed by atoms with Gasteiger partial charge in [-0.3, -0.25) is 19.1 Å². The minimum absolute atomic E-state index is 0.0128. The highest BCUT2D eigenvalue weighted by Gasteiger charge is 2.26. The minimum atomic E-state index is -0.469. The number of H-pyrrole nitrogens is 1. The van der Waals surface area contributed by atoms with E-state index in [0.717, 1.165) is 25.1 Å². The van der Waals surface area contributed by atoms with Crippen LogP contribution in [-0.4, -0.2) is 24.9 Å². The summed E-state index contributed by atoms with van der Waals surface area (Å²) in [7, 11) is 0. The number of aryl methyl sites for hydroxylation is 2. The Bertz CT molecular complexity index is 868. The molecule has 2 aromatic heterocycles. The third-order valence-electron chi connectivity index (χ3n) is 4.76. The maximum Gasteiger partial charge on any atom is 0.330 e. The Morgan fingerprint density at radius 2 is 1.92 bits per heavy atom. The molecule has 24 heavy (non-hydrogen) atoms. The highest BCUT2D eigenvalue weighted by Crippen LogP contribution is 2.34. The summed E-state index contributed by atoms with van der Waals surface area (Å²) >= 11 is 0. The van der Waals surface area contributed by atoms with Crippen molar-refractivity contribution in [2.75, 3.05) is 0 Å². The van der Waals surface area contributed by atoms with Crippen molar-refractivity contribution in [3.8, 4) is 0 Å². The molecule has 0 aromatic carbocycles. The standard InChI is InChI=1S/C17H24N4O3/c1-3-9-20-14(12-6-4-5-7-12)18-13-15(23)19-17(24)21(16(13)20)10-8-11(2)22/h12H,3-10H2,1-2H3,(H,19,23,24). The molecule has 0 spiro atoms. The van der Waals surface area contributed by atoms with Crippen LogP contribution in [0.2, 0.25) is 0 Å². The second kappa shape index (κ2) is 6.75. The number of hydrogen-bond donors (Lipinski definition) is 1. The van der Waals surface area contributed by atoms with Crippen molar-refractivity contribution >= 4 is 16.9 Å². The van der Waals surface area contributed by atoms with Crippen molar-refractivity contribution in [3.05, 3.63) is 26.7 Å². The number of Topliss-reactive ketones (excluding diaryl/α,β-unsaturated/α-hetero) is 1. The van der Waals surface area contributed by atoms with Crippen molar-refractivity contribution < 1.29 is 4.79 Å². The fourth-order valence-electron chi connectivity index (χ4n) is 3.62. The van der Waals surface area contributed by atoms with Gasteiger partial charge in [0.1, 0.15) is 17.3 Å². The van der Waals surface area contributed by atoms with Crippen LogP contribution < -0.4 is 11.2 Å². The van der Waals surface area contributed by atoms with E-state index < -0.39 is 11.2 Å². The second-order valence-electron chi connectivity index (χ2n) is 6.64. The van der Waals surface area contributed by atoms with Crippen LogP contribution in [-0.2, 0) is 17.9 Å². The first-order valence-electron chi connectivity index (χ1n) is 8.75. The van der Waals surface area contributed by atoms with E-state index in [1.165, 1.54) is 24.3 Å². The quantitative estimate of drug-likeness (QED) is 0.875. The summed E-state index contributed by atoms with van der Waals surface area (Å²) < 4.78 is 3.53. The molecule has 0 unspecified atom stereocenters. The van der Waals surface area contributed by atoms with Crippen LogP contribution >= 0.6 is 0 Å². The summed E-state index contributed by atoms with van der Waals surface area (Å²) in [4.78, 5) is 42.9. The van der Waals surface area contributed by atoms with E-state index in [0.29, 0.717) is 23.6 Å². The normalized spacial score (nSPS) is 15.4. The van der Waals surface area contributed by atoms with E-state index in [2.05, 4.69) is 16.9 Å². The first-order chi connectivity index (χ1) is 11.5. The van der Waals surface area contributed by atoms with E-state index in [1.54, 1.807) is 0 Å². The van der Waals surface area contributed by atoms with Gasteiger partial charge in [0, 0.05) is 25.4 Å². The van der Waals surface area contributed by atoms with Gasteiger partial charge >= 0.3 is 5.69 Å². The Morgan fingerprint density at radius 1 is 1.21 bits per heavy atom. The molecule has 1 saturated carbocycles. The molecule has 1 fully saturated rings. The predicted octanol–water partition coefficient (Wildman–Crippen LogP) is 1.93. The van der Waals surface area contributed by atoms with Gasteiger partial charge in [0.05, 0.1) is 0 Å². The van der Waals surface area contributed by atoms with Gasteiger partial charge in [0.15, 0.2) is 5.52 Å². The molecule has 0 amide bonds. The summed E-state index contributed by atoms with van der Waals surface area (Å²) in [5.41, 5.74) is -0.0330. The number of aromatic nitrogens is 4. The van der Waals surface area contributed by atoms with Crippen LogP contribution in [0.5, 0.6) is 0 Å². The molecule has 0 bridgehead atoms. The average Bonchev–Trinajstić information content (AvgIpc) is 3.15. The Hall–Kier alpha value is -2.18. The van der Waals surface area contributed by atoms with E-state index in [-0.39, 0.29) is 18.7 Å². The summed E-state index contributed by atoms with van der Waals surface area (Å²) in [6, 6.07) is 0. The lowest BCUT2D eigenvalue weighted by atomic mass is 10.1. The second-order valence-corrected chi connectivity index (χ2v) is 6.64. The molecular formula is C17H24N4O3. The van der Waals surface area contributed by atoms with Gasteiger partial charge in [-0.25, -0.2) is 9.78 Å². The molecule has 2 heterocycles. The first kappa shape index (κ1) is 16.7. The Kier molecular flexibility index (Phi) is 4.69. The van der Waals surface area contributed by atoms with Crippen molar-refractivity contribution in [2.24, 2.45) is 0 Å². The van der Waals surface area contributed by atoms with Crippen LogP contribution in [0, 0.1) is 0 Å². The lowest BCUT2D eigenvalue weighted by Gasteiger charge is -2.14. The molecule has 2 aromatic rings. The smallest absolute Gasteiger partial charge is 0.314 e. The SMILES string of the molecule is CCCn1c(C2CCCC2)nc2c(=O)[nH]c(=O)n(CCC(C)=O)c21. The molecule has 3 rings (SSSR count). The van der Waals surface area contributed by atoms with E-state index in [1.807, 2.05) is 4.57 Å². The molecule has 1 aliphatic carbocycles. The van der Waals surface area contributed by atoms with E-state index in [9.17, 15) is 14.4 Å². The molecular weight excluding hydrogens is 308 g/mol. The topological polar surface area (TPSA) is 89.8 Å². The van der Waals surface area contributed by atoms with Gasteiger partial charge in [0.2, 0.25) is 0 Å². The van der Waals surface area contributed by atoms with Gasteiger partial charge in [-0.05, 0) is 26.2 Å². The monoisotopic (exact) mass is 332 g/mol. The molecule has 0 atom stereocenters. The zero-order valence-corrected chi connectivity index (χ0v) is 14.3. The van der Waals surface area contributed by atoms with Crippen LogP contribution in [0.25, 0.3) is 11.2 Å². The van der Waals surface area contributed by atoms with Crippen molar-refractivity contribution in [3.63, 3.8) is 0 Å². The molecule has 0 aliphatic heterocycles. The van der Waals surface area contributed by atoms with Gasteiger partial charge in [-0.1, -0.05) is 19.8 Å². The van der Waals surface area contributed by atoms with Crippen LogP contribution in [0.15, 0.2) is 9.59 Å². The lowest BCUT2D eigenvalue weighted by molar-refractivity contribution is -0.117. The number of aromatic amines is 1. The third kappa shape index (κ3) is 2.95. The number of nitrogens with zero attached hydrogens (tertiary/aromatic N) is 3. The number of fused-ring (bicyclic) bond motifs is 1. The van der Waals surface area contributed by atoms with E-state index in [4.69, 9.17) is 0 Å². The molecule has 0 saturated heterocycles. The van der Waals surface area contributed by atoms with Crippen molar-refractivity contribution in [1.82, 2.24) is 19.1 Å². The molecule has 7 heteroatoms. The summed E-state index contributed by atoms with van der Waals surface area (Å²) in [5, 5.41) is 0. The fourth-order valence-corrected chi connectivity index (χ4v) is 3.62. The first-order valence-corrected chi connectivity index (χ1v) is 8.75. The summed E-state index contributed by atoms with van der Waals surface area (Å²) in [6.45, 7) is 4.54.